The quantitative estimate of drug-likeness (QED) is 0.691. The molecule has 1 aromatic rings. The van der Waals surface area contributed by atoms with Crippen molar-refractivity contribution in [2.45, 2.75) is 39.3 Å². The molecule has 0 heterocycles. The molecule has 1 rings (SSSR count). The minimum absolute atomic E-state index is 0.488. The van der Waals surface area contributed by atoms with Crippen LogP contribution in [0.15, 0.2) is 30.9 Å². The van der Waals surface area contributed by atoms with Crippen molar-refractivity contribution in [1.29, 1.82) is 0 Å². The molecule has 3 nitrogen and oxygen atoms in total. The highest BCUT2D eigenvalue weighted by Gasteiger charge is 2.07. The molecule has 1 aromatic carbocycles. The van der Waals surface area contributed by atoms with Crippen LogP contribution in [0.2, 0.25) is 0 Å². The van der Waals surface area contributed by atoms with Crippen molar-refractivity contribution in [2.75, 3.05) is 13.7 Å². The third kappa shape index (κ3) is 4.95. The number of benzene rings is 1. The van der Waals surface area contributed by atoms with E-state index in [2.05, 4.69) is 31.8 Å². The molecule has 0 aliphatic heterocycles. The van der Waals surface area contributed by atoms with Gasteiger partial charge in [0.05, 0.1) is 7.11 Å². The largest absolute Gasteiger partial charge is 0.493 e. The summed E-state index contributed by atoms with van der Waals surface area (Å²) in [4.78, 5) is 0. The summed E-state index contributed by atoms with van der Waals surface area (Å²) < 4.78 is 10.9. The molecular formula is C16H25NO2. The van der Waals surface area contributed by atoms with Gasteiger partial charge in [0.1, 0.15) is 6.61 Å². The van der Waals surface area contributed by atoms with E-state index in [1.807, 2.05) is 12.1 Å². The maximum absolute atomic E-state index is 5.54. The Morgan fingerprint density at radius 3 is 2.58 bits per heavy atom. The van der Waals surface area contributed by atoms with Gasteiger partial charge in [-0.05, 0) is 30.5 Å². The maximum Gasteiger partial charge on any atom is 0.161 e. The van der Waals surface area contributed by atoms with Crippen LogP contribution in [0.1, 0.15) is 32.3 Å². The highest BCUT2D eigenvalue weighted by atomic mass is 16.5. The molecule has 0 aliphatic rings. The molecule has 0 spiro atoms. The SMILES string of the molecule is C=CCOc1ccc(CNC(CC)CC)cc1OC. The Morgan fingerprint density at radius 2 is 2.00 bits per heavy atom. The zero-order valence-electron chi connectivity index (χ0n) is 12.2. The standard InChI is InChI=1S/C16H25NO2/c1-5-10-19-15-9-8-13(11-16(15)18-4)12-17-14(6-2)7-3/h5,8-9,11,14,17H,1,6-7,10,12H2,2-4H3. The molecule has 19 heavy (non-hydrogen) atoms. The van der Waals surface area contributed by atoms with Crippen LogP contribution >= 0.6 is 0 Å². The van der Waals surface area contributed by atoms with Crippen molar-refractivity contribution in [3.8, 4) is 11.5 Å². The molecule has 0 bridgehead atoms. The predicted octanol–water partition coefficient (Wildman–Crippen LogP) is 3.54. The van der Waals surface area contributed by atoms with Gasteiger partial charge in [0, 0.05) is 12.6 Å². The Balaban J connectivity index is 2.67. The van der Waals surface area contributed by atoms with E-state index in [1.165, 1.54) is 5.56 Å². The summed E-state index contributed by atoms with van der Waals surface area (Å²) in [6, 6.07) is 6.61. The Morgan fingerprint density at radius 1 is 1.26 bits per heavy atom. The molecule has 0 saturated heterocycles. The first-order valence-electron chi connectivity index (χ1n) is 6.89. The normalized spacial score (nSPS) is 10.5. The fourth-order valence-corrected chi connectivity index (χ4v) is 1.93. The number of hydrogen-bond donors (Lipinski definition) is 1. The lowest BCUT2D eigenvalue weighted by Crippen LogP contribution is -2.26. The summed E-state index contributed by atoms with van der Waals surface area (Å²) in [6.45, 7) is 9.38. The van der Waals surface area contributed by atoms with Crippen molar-refractivity contribution >= 4 is 0 Å². The van der Waals surface area contributed by atoms with Crippen LogP contribution in [0.25, 0.3) is 0 Å². The summed E-state index contributed by atoms with van der Waals surface area (Å²) in [5, 5.41) is 3.54. The Bertz CT molecular complexity index is 386. The second-order valence-corrected chi connectivity index (χ2v) is 4.48. The maximum atomic E-state index is 5.54. The van der Waals surface area contributed by atoms with Crippen molar-refractivity contribution in [3.05, 3.63) is 36.4 Å². The van der Waals surface area contributed by atoms with Gasteiger partial charge in [-0.15, -0.1) is 0 Å². The van der Waals surface area contributed by atoms with Crippen molar-refractivity contribution in [1.82, 2.24) is 5.32 Å². The van der Waals surface area contributed by atoms with Crippen molar-refractivity contribution < 1.29 is 9.47 Å². The molecule has 0 fully saturated rings. The van der Waals surface area contributed by atoms with Crippen LogP contribution in [-0.2, 0) is 6.54 Å². The summed E-state index contributed by atoms with van der Waals surface area (Å²) >= 11 is 0. The van der Waals surface area contributed by atoms with E-state index in [0.717, 1.165) is 30.9 Å². The molecule has 0 amide bonds. The lowest BCUT2D eigenvalue weighted by Gasteiger charge is -2.16. The average Bonchev–Trinajstić information content (AvgIpc) is 2.46. The Hall–Kier alpha value is -1.48. The first-order chi connectivity index (χ1) is 9.24. The first kappa shape index (κ1) is 15.6. The number of rotatable bonds is 9. The van der Waals surface area contributed by atoms with Crippen LogP contribution < -0.4 is 14.8 Å². The zero-order valence-corrected chi connectivity index (χ0v) is 12.2. The summed E-state index contributed by atoms with van der Waals surface area (Å²) in [5.74, 6) is 1.53. The predicted molar refractivity (Wildman–Crippen MR) is 79.9 cm³/mol. The Labute approximate surface area is 116 Å². The van der Waals surface area contributed by atoms with Crippen LogP contribution in [0.5, 0.6) is 11.5 Å². The zero-order chi connectivity index (χ0) is 14.1. The Kier molecular flexibility index (Phi) is 7.04. The van der Waals surface area contributed by atoms with Crippen molar-refractivity contribution in [3.63, 3.8) is 0 Å². The van der Waals surface area contributed by atoms with Gasteiger partial charge < -0.3 is 14.8 Å². The van der Waals surface area contributed by atoms with Gasteiger partial charge in [-0.25, -0.2) is 0 Å². The van der Waals surface area contributed by atoms with Crippen molar-refractivity contribution in [2.24, 2.45) is 0 Å². The molecule has 0 aromatic heterocycles. The topological polar surface area (TPSA) is 30.5 Å². The summed E-state index contributed by atoms with van der Waals surface area (Å²) in [6.07, 6.45) is 4.02. The smallest absolute Gasteiger partial charge is 0.161 e. The number of ether oxygens (including phenoxy) is 2. The van der Waals surface area contributed by atoms with E-state index in [1.54, 1.807) is 13.2 Å². The van der Waals surface area contributed by atoms with Gasteiger partial charge in [0.25, 0.3) is 0 Å². The first-order valence-corrected chi connectivity index (χ1v) is 6.89. The minimum atomic E-state index is 0.488. The lowest BCUT2D eigenvalue weighted by atomic mass is 10.1. The van der Waals surface area contributed by atoms with Gasteiger partial charge >= 0.3 is 0 Å². The van der Waals surface area contributed by atoms with Crippen LogP contribution in [0.4, 0.5) is 0 Å². The minimum Gasteiger partial charge on any atom is -0.493 e. The number of methoxy groups -OCH3 is 1. The highest BCUT2D eigenvalue weighted by molar-refractivity contribution is 5.43. The van der Waals surface area contributed by atoms with Gasteiger partial charge in [-0.3, -0.25) is 0 Å². The van der Waals surface area contributed by atoms with Crippen LogP contribution in [0, 0.1) is 0 Å². The molecular weight excluding hydrogens is 238 g/mol. The fraction of sp³-hybridized carbons (Fsp3) is 0.500. The van der Waals surface area contributed by atoms with E-state index in [0.29, 0.717) is 12.6 Å². The molecule has 0 aliphatic carbocycles. The molecule has 1 N–H and O–H groups in total. The van der Waals surface area contributed by atoms with Gasteiger partial charge in [0.2, 0.25) is 0 Å². The molecule has 0 radical (unpaired) electrons. The summed E-state index contributed by atoms with van der Waals surface area (Å²) in [7, 11) is 1.66. The summed E-state index contributed by atoms with van der Waals surface area (Å²) in [5.41, 5.74) is 1.20. The third-order valence-corrected chi connectivity index (χ3v) is 3.17. The third-order valence-electron chi connectivity index (χ3n) is 3.17. The van der Waals surface area contributed by atoms with Gasteiger partial charge in [0.15, 0.2) is 11.5 Å². The van der Waals surface area contributed by atoms with E-state index in [-0.39, 0.29) is 0 Å². The molecule has 106 valence electrons. The van der Waals surface area contributed by atoms with E-state index in [4.69, 9.17) is 9.47 Å². The van der Waals surface area contributed by atoms with Crippen LogP contribution in [-0.4, -0.2) is 19.8 Å². The second kappa shape index (κ2) is 8.59. The molecule has 0 unspecified atom stereocenters. The number of hydrogen-bond acceptors (Lipinski definition) is 3. The molecule has 3 heteroatoms. The molecule has 0 atom stereocenters. The lowest BCUT2D eigenvalue weighted by molar-refractivity contribution is 0.326. The average molecular weight is 263 g/mol. The van der Waals surface area contributed by atoms with Crippen LogP contribution in [0.3, 0.4) is 0 Å². The van der Waals surface area contributed by atoms with E-state index < -0.39 is 0 Å². The van der Waals surface area contributed by atoms with Gasteiger partial charge in [-0.1, -0.05) is 32.6 Å². The highest BCUT2D eigenvalue weighted by Crippen LogP contribution is 2.28. The molecule has 0 saturated carbocycles. The van der Waals surface area contributed by atoms with Gasteiger partial charge in [-0.2, -0.15) is 0 Å². The monoisotopic (exact) mass is 263 g/mol. The number of nitrogens with one attached hydrogen (secondary N) is 1. The fourth-order valence-electron chi connectivity index (χ4n) is 1.93. The second-order valence-electron chi connectivity index (χ2n) is 4.48. The van der Waals surface area contributed by atoms with E-state index in [9.17, 15) is 0 Å². The van der Waals surface area contributed by atoms with E-state index >= 15 is 0 Å².